The van der Waals surface area contributed by atoms with Gasteiger partial charge in [-0.25, -0.2) is 0 Å². The Morgan fingerprint density at radius 1 is 1.31 bits per heavy atom. The lowest BCUT2D eigenvalue weighted by Gasteiger charge is -2.33. The molecule has 1 heterocycles. The van der Waals surface area contributed by atoms with Crippen LogP contribution in [0, 0.1) is 5.92 Å². The van der Waals surface area contributed by atoms with Crippen molar-refractivity contribution in [1.29, 1.82) is 0 Å². The molecular formula is C21H31NO4. The van der Waals surface area contributed by atoms with Crippen molar-refractivity contribution in [2.45, 2.75) is 51.2 Å². The van der Waals surface area contributed by atoms with E-state index in [0.717, 1.165) is 38.6 Å². The third kappa shape index (κ3) is 5.06. The third-order valence-corrected chi connectivity index (χ3v) is 5.40. The van der Waals surface area contributed by atoms with Crippen LogP contribution in [0.1, 0.15) is 49.8 Å². The summed E-state index contributed by atoms with van der Waals surface area (Å²) >= 11 is 0. The molecule has 0 radical (unpaired) electrons. The number of aryl methyl sites for hydroxylation is 1. The maximum atomic E-state index is 11.9. The van der Waals surface area contributed by atoms with Crippen LogP contribution in [0.5, 0.6) is 0 Å². The van der Waals surface area contributed by atoms with E-state index in [-0.39, 0.29) is 18.0 Å². The zero-order chi connectivity index (χ0) is 18.4. The molecule has 0 spiro atoms. The number of esters is 1. The maximum Gasteiger partial charge on any atom is 0.310 e. The number of nitrogens with zero attached hydrogens (tertiary/aromatic N) is 1. The van der Waals surface area contributed by atoms with Gasteiger partial charge in [0.1, 0.15) is 0 Å². The van der Waals surface area contributed by atoms with Crippen molar-refractivity contribution < 1.29 is 19.4 Å². The van der Waals surface area contributed by atoms with Crippen molar-refractivity contribution in [3.8, 4) is 0 Å². The molecule has 0 saturated carbocycles. The lowest BCUT2D eigenvalue weighted by molar-refractivity contribution is -0.150. The first-order valence-electron chi connectivity index (χ1n) is 9.93. The molecule has 1 aliphatic carbocycles. The number of fused-ring (bicyclic) bond motifs is 1. The van der Waals surface area contributed by atoms with Gasteiger partial charge in [0.25, 0.3) is 0 Å². The predicted molar refractivity (Wildman–Crippen MR) is 99.9 cm³/mol. The van der Waals surface area contributed by atoms with E-state index in [0.29, 0.717) is 26.3 Å². The second kappa shape index (κ2) is 9.49. The average Bonchev–Trinajstić information content (AvgIpc) is 2.67. The number of benzene rings is 1. The van der Waals surface area contributed by atoms with Crippen LogP contribution in [0.3, 0.4) is 0 Å². The Labute approximate surface area is 156 Å². The smallest absolute Gasteiger partial charge is 0.310 e. The minimum Gasteiger partial charge on any atom is -0.466 e. The van der Waals surface area contributed by atoms with Gasteiger partial charge in [0.2, 0.25) is 0 Å². The van der Waals surface area contributed by atoms with E-state index in [4.69, 9.17) is 9.47 Å². The first kappa shape index (κ1) is 19.3. The number of carbonyl (C=O) groups excluding carboxylic acids is 1. The Kier molecular flexibility index (Phi) is 7.06. The molecule has 1 aromatic rings. The fraction of sp³-hybridized carbons (Fsp3) is 0.667. The number of rotatable bonds is 7. The van der Waals surface area contributed by atoms with Crippen LogP contribution in [0.15, 0.2) is 24.3 Å². The molecule has 1 fully saturated rings. The molecule has 1 aliphatic heterocycles. The van der Waals surface area contributed by atoms with Gasteiger partial charge in [-0.1, -0.05) is 24.3 Å². The van der Waals surface area contributed by atoms with E-state index >= 15 is 0 Å². The highest BCUT2D eigenvalue weighted by atomic mass is 16.5. The van der Waals surface area contributed by atoms with Gasteiger partial charge >= 0.3 is 5.97 Å². The number of carbonyl (C=O) groups is 1. The maximum absolute atomic E-state index is 11.9. The summed E-state index contributed by atoms with van der Waals surface area (Å²) in [6.45, 7) is 4.73. The number of ether oxygens (including phenoxy) is 2. The second-order valence-electron chi connectivity index (χ2n) is 7.42. The fourth-order valence-corrected chi connectivity index (χ4v) is 4.13. The van der Waals surface area contributed by atoms with Gasteiger partial charge in [-0.3, -0.25) is 9.69 Å². The van der Waals surface area contributed by atoms with Crippen molar-refractivity contribution in [2.24, 2.45) is 5.92 Å². The number of hydrogen-bond donors (Lipinski definition) is 1. The number of piperidine rings is 1. The largest absolute Gasteiger partial charge is 0.466 e. The van der Waals surface area contributed by atoms with Gasteiger partial charge in [-0.2, -0.15) is 0 Å². The van der Waals surface area contributed by atoms with E-state index in [9.17, 15) is 9.90 Å². The molecule has 0 aromatic heterocycles. The molecule has 3 rings (SSSR count). The molecule has 144 valence electrons. The molecule has 5 nitrogen and oxygen atoms in total. The number of hydrogen-bond acceptors (Lipinski definition) is 5. The topological polar surface area (TPSA) is 59.0 Å². The summed E-state index contributed by atoms with van der Waals surface area (Å²) in [6, 6.07) is 8.44. The summed E-state index contributed by atoms with van der Waals surface area (Å²) in [4.78, 5) is 14.1. The molecule has 0 unspecified atom stereocenters. The quantitative estimate of drug-likeness (QED) is 0.757. The van der Waals surface area contributed by atoms with Crippen molar-refractivity contribution >= 4 is 5.97 Å². The van der Waals surface area contributed by atoms with E-state index in [1.54, 1.807) is 0 Å². The molecule has 26 heavy (non-hydrogen) atoms. The van der Waals surface area contributed by atoms with E-state index in [1.807, 2.05) is 6.92 Å². The zero-order valence-corrected chi connectivity index (χ0v) is 15.7. The molecule has 1 aromatic carbocycles. The number of aliphatic hydroxyl groups is 1. The SMILES string of the molecule is CCOC(=O)[C@@H]1CCCN(C[C@H](O)CO[C@@H]2CCCc3ccccc32)C1. The standard InChI is InChI=1S/C21H31NO4/c1-2-25-21(24)17-9-6-12-22(13-17)14-18(23)15-26-20-11-5-8-16-7-3-4-10-19(16)20/h3-4,7,10,17-18,20,23H,2,5-6,8-9,11-15H2,1H3/t17-,18+,20-/m1/s1. The Bertz CT molecular complexity index is 591. The summed E-state index contributed by atoms with van der Waals surface area (Å²) in [5.74, 6) is -0.177. The van der Waals surface area contributed by atoms with Crippen LogP contribution >= 0.6 is 0 Å². The van der Waals surface area contributed by atoms with Crippen LogP contribution in [0.25, 0.3) is 0 Å². The van der Waals surface area contributed by atoms with Crippen molar-refractivity contribution in [3.63, 3.8) is 0 Å². The number of aliphatic hydroxyl groups excluding tert-OH is 1. The first-order valence-corrected chi connectivity index (χ1v) is 9.93. The molecule has 1 saturated heterocycles. The molecule has 1 N–H and O–H groups in total. The lowest BCUT2D eigenvalue weighted by Crippen LogP contribution is -2.43. The lowest BCUT2D eigenvalue weighted by atomic mass is 9.89. The highest BCUT2D eigenvalue weighted by Crippen LogP contribution is 2.32. The Morgan fingerprint density at radius 3 is 3.00 bits per heavy atom. The predicted octanol–water partition coefficient (Wildman–Crippen LogP) is 2.72. The van der Waals surface area contributed by atoms with Gasteiger partial charge in [0.15, 0.2) is 0 Å². The fourth-order valence-electron chi connectivity index (χ4n) is 4.13. The van der Waals surface area contributed by atoms with Crippen molar-refractivity contribution in [2.75, 3.05) is 32.8 Å². The van der Waals surface area contributed by atoms with Gasteiger partial charge < -0.3 is 14.6 Å². The van der Waals surface area contributed by atoms with E-state index in [2.05, 4.69) is 29.2 Å². The minimum atomic E-state index is -0.537. The van der Waals surface area contributed by atoms with Crippen LogP contribution in [0.2, 0.25) is 0 Å². The molecule has 3 atom stereocenters. The summed E-state index contributed by atoms with van der Waals surface area (Å²) < 4.78 is 11.2. The second-order valence-corrected chi connectivity index (χ2v) is 7.42. The Morgan fingerprint density at radius 2 is 2.15 bits per heavy atom. The summed E-state index contributed by atoms with van der Waals surface area (Å²) in [5.41, 5.74) is 2.64. The molecular weight excluding hydrogens is 330 g/mol. The molecule has 5 heteroatoms. The van der Waals surface area contributed by atoms with Crippen LogP contribution in [0.4, 0.5) is 0 Å². The van der Waals surface area contributed by atoms with Gasteiger partial charge in [-0.05, 0) is 56.7 Å². The Hall–Kier alpha value is -1.43. The van der Waals surface area contributed by atoms with Gasteiger partial charge in [0.05, 0.1) is 31.3 Å². The van der Waals surface area contributed by atoms with Crippen molar-refractivity contribution in [1.82, 2.24) is 4.90 Å². The minimum absolute atomic E-state index is 0.0676. The van der Waals surface area contributed by atoms with E-state index < -0.39 is 6.10 Å². The van der Waals surface area contributed by atoms with Gasteiger partial charge in [-0.15, -0.1) is 0 Å². The molecule has 2 aliphatic rings. The van der Waals surface area contributed by atoms with Crippen LogP contribution in [-0.2, 0) is 20.7 Å². The van der Waals surface area contributed by atoms with Crippen LogP contribution < -0.4 is 0 Å². The number of likely N-dealkylation sites (tertiary alicyclic amines) is 1. The highest BCUT2D eigenvalue weighted by molar-refractivity contribution is 5.72. The van der Waals surface area contributed by atoms with Gasteiger partial charge in [0, 0.05) is 13.1 Å². The average molecular weight is 361 g/mol. The summed E-state index contributed by atoms with van der Waals surface area (Å²) in [5, 5.41) is 10.4. The first-order chi connectivity index (χ1) is 12.7. The van der Waals surface area contributed by atoms with Crippen LogP contribution in [-0.4, -0.2) is 54.9 Å². The summed E-state index contributed by atoms with van der Waals surface area (Å²) in [6.07, 6.45) is 4.65. The number of β-amino-alcohol motifs (C(OH)–C–C–N with tert-alkyl or cyclic N) is 1. The monoisotopic (exact) mass is 361 g/mol. The molecule has 0 amide bonds. The highest BCUT2D eigenvalue weighted by Gasteiger charge is 2.28. The third-order valence-electron chi connectivity index (χ3n) is 5.40. The normalized spacial score (nSPS) is 24.7. The van der Waals surface area contributed by atoms with Crippen molar-refractivity contribution in [3.05, 3.63) is 35.4 Å². The zero-order valence-electron chi connectivity index (χ0n) is 15.7. The molecule has 0 bridgehead atoms. The summed E-state index contributed by atoms with van der Waals surface area (Å²) in [7, 11) is 0. The Balaban J connectivity index is 1.46. The van der Waals surface area contributed by atoms with E-state index in [1.165, 1.54) is 11.1 Å².